The number of ether oxygens (including phenoxy) is 1. The van der Waals surface area contributed by atoms with Crippen molar-refractivity contribution in [1.82, 2.24) is 29.4 Å². The summed E-state index contributed by atoms with van der Waals surface area (Å²) < 4.78 is 7.03. The van der Waals surface area contributed by atoms with E-state index in [2.05, 4.69) is 24.8 Å². The predicted octanol–water partition coefficient (Wildman–Crippen LogP) is 1.34. The SMILES string of the molecule is COc1cc(C(=O)N2CCN(c3cc(-n4ccnc4C)ncn3)CC2)ccn1. The lowest BCUT2D eigenvalue weighted by Gasteiger charge is -2.35. The molecule has 9 heteroatoms. The summed E-state index contributed by atoms with van der Waals surface area (Å²) in [5.74, 6) is 2.91. The highest BCUT2D eigenvalue weighted by Crippen LogP contribution is 2.18. The van der Waals surface area contributed by atoms with E-state index in [1.54, 1.807) is 30.9 Å². The highest BCUT2D eigenvalue weighted by Gasteiger charge is 2.23. The van der Waals surface area contributed by atoms with E-state index in [0.29, 0.717) is 37.6 Å². The Labute approximate surface area is 162 Å². The summed E-state index contributed by atoms with van der Waals surface area (Å²) in [5.41, 5.74) is 0.584. The summed E-state index contributed by atoms with van der Waals surface area (Å²) in [6.45, 7) is 4.57. The zero-order valence-electron chi connectivity index (χ0n) is 15.8. The molecule has 0 atom stereocenters. The number of nitrogens with zero attached hydrogens (tertiary/aromatic N) is 7. The van der Waals surface area contributed by atoms with Crippen molar-refractivity contribution in [3.63, 3.8) is 0 Å². The second-order valence-electron chi connectivity index (χ2n) is 6.44. The van der Waals surface area contributed by atoms with Crippen LogP contribution in [0.3, 0.4) is 0 Å². The molecule has 1 fully saturated rings. The summed E-state index contributed by atoms with van der Waals surface area (Å²) >= 11 is 0. The first kappa shape index (κ1) is 17.9. The minimum Gasteiger partial charge on any atom is -0.481 e. The molecule has 1 saturated heterocycles. The van der Waals surface area contributed by atoms with Gasteiger partial charge in [0, 0.05) is 62.5 Å². The Balaban J connectivity index is 1.44. The van der Waals surface area contributed by atoms with Crippen molar-refractivity contribution >= 4 is 11.7 Å². The van der Waals surface area contributed by atoms with E-state index >= 15 is 0 Å². The van der Waals surface area contributed by atoms with Crippen molar-refractivity contribution in [1.29, 1.82) is 0 Å². The fourth-order valence-electron chi connectivity index (χ4n) is 3.24. The summed E-state index contributed by atoms with van der Waals surface area (Å²) in [6, 6.07) is 5.32. The van der Waals surface area contributed by atoms with Crippen molar-refractivity contribution in [3.8, 4) is 11.7 Å². The van der Waals surface area contributed by atoms with Crippen LogP contribution >= 0.6 is 0 Å². The average molecular weight is 379 g/mol. The Bertz CT molecular complexity index is 980. The zero-order chi connectivity index (χ0) is 19.5. The maximum Gasteiger partial charge on any atom is 0.254 e. The number of rotatable bonds is 4. The van der Waals surface area contributed by atoms with Gasteiger partial charge in [0.15, 0.2) is 0 Å². The molecule has 4 rings (SSSR count). The topological polar surface area (TPSA) is 89.3 Å². The van der Waals surface area contributed by atoms with Gasteiger partial charge in [-0.25, -0.2) is 19.9 Å². The van der Waals surface area contributed by atoms with Crippen LogP contribution in [0.25, 0.3) is 5.82 Å². The number of imidazole rings is 1. The number of amides is 1. The fourth-order valence-corrected chi connectivity index (χ4v) is 3.24. The van der Waals surface area contributed by atoms with E-state index < -0.39 is 0 Å². The number of piperazine rings is 1. The number of aromatic nitrogens is 5. The monoisotopic (exact) mass is 379 g/mol. The molecule has 28 heavy (non-hydrogen) atoms. The summed E-state index contributed by atoms with van der Waals surface area (Å²) in [5, 5.41) is 0. The molecule has 0 aromatic carbocycles. The van der Waals surface area contributed by atoms with Crippen LogP contribution in [0, 0.1) is 6.92 Å². The maximum atomic E-state index is 12.7. The number of pyridine rings is 1. The lowest BCUT2D eigenvalue weighted by molar-refractivity contribution is 0.0746. The minimum absolute atomic E-state index is 0.0160. The first-order valence-corrected chi connectivity index (χ1v) is 9.02. The van der Waals surface area contributed by atoms with Gasteiger partial charge in [-0.15, -0.1) is 0 Å². The van der Waals surface area contributed by atoms with Crippen LogP contribution < -0.4 is 9.64 Å². The van der Waals surface area contributed by atoms with E-state index in [9.17, 15) is 4.79 Å². The van der Waals surface area contributed by atoms with Crippen LogP contribution in [-0.4, -0.2) is 68.6 Å². The van der Waals surface area contributed by atoms with E-state index in [4.69, 9.17) is 4.74 Å². The molecule has 4 heterocycles. The van der Waals surface area contributed by atoms with Crippen LogP contribution in [0.1, 0.15) is 16.2 Å². The molecule has 1 aliphatic rings. The zero-order valence-corrected chi connectivity index (χ0v) is 15.8. The lowest BCUT2D eigenvalue weighted by Crippen LogP contribution is -2.49. The number of anilines is 1. The first-order chi connectivity index (χ1) is 13.7. The number of carbonyl (C=O) groups is 1. The Morgan fingerprint density at radius 2 is 1.79 bits per heavy atom. The van der Waals surface area contributed by atoms with Gasteiger partial charge in [0.2, 0.25) is 5.88 Å². The Hall–Kier alpha value is -3.49. The van der Waals surface area contributed by atoms with Crippen molar-refractivity contribution in [2.75, 3.05) is 38.2 Å². The number of aryl methyl sites for hydroxylation is 1. The maximum absolute atomic E-state index is 12.7. The van der Waals surface area contributed by atoms with Crippen molar-refractivity contribution in [2.45, 2.75) is 6.92 Å². The number of hydrogen-bond donors (Lipinski definition) is 0. The van der Waals surface area contributed by atoms with Gasteiger partial charge in [0.1, 0.15) is 23.8 Å². The molecule has 9 nitrogen and oxygen atoms in total. The number of carbonyl (C=O) groups excluding carboxylic acids is 1. The quantitative estimate of drug-likeness (QED) is 0.676. The third kappa shape index (κ3) is 3.51. The van der Waals surface area contributed by atoms with Crippen LogP contribution in [0.5, 0.6) is 5.88 Å². The second kappa shape index (κ2) is 7.63. The molecular weight excluding hydrogens is 358 g/mol. The van der Waals surface area contributed by atoms with Gasteiger partial charge in [-0.3, -0.25) is 9.36 Å². The molecule has 144 valence electrons. The molecule has 0 bridgehead atoms. The molecular formula is C19H21N7O2. The Morgan fingerprint density at radius 3 is 2.50 bits per heavy atom. The molecule has 3 aromatic heterocycles. The predicted molar refractivity (Wildman–Crippen MR) is 103 cm³/mol. The average Bonchev–Trinajstić information content (AvgIpc) is 3.19. The molecule has 1 aliphatic heterocycles. The highest BCUT2D eigenvalue weighted by atomic mass is 16.5. The Kier molecular flexibility index (Phi) is 4.88. The van der Waals surface area contributed by atoms with E-state index in [1.807, 2.05) is 28.7 Å². The highest BCUT2D eigenvalue weighted by molar-refractivity contribution is 5.94. The summed E-state index contributed by atoms with van der Waals surface area (Å²) in [7, 11) is 1.54. The molecule has 0 radical (unpaired) electrons. The molecule has 0 aliphatic carbocycles. The van der Waals surface area contributed by atoms with E-state index in [-0.39, 0.29) is 5.91 Å². The van der Waals surface area contributed by atoms with E-state index in [1.165, 1.54) is 7.11 Å². The van der Waals surface area contributed by atoms with Crippen LogP contribution in [0.2, 0.25) is 0 Å². The third-order valence-corrected chi connectivity index (χ3v) is 4.79. The lowest BCUT2D eigenvalue weighted by atomic mass is 10.2. The second-order valence-corrected chi connectivity index (χ2v) is 6.44. The van der Waals surface area contributed by atoms with E-state index in [0.717, 1.165) is 17.5 Å². The van der Waals surface area contributed by atoms with Gasteiger partial charge >= 0.3 is 0 Å². The van der Waals surface area contributed by atoms with Gasteiger partial charge in [0.05, 0.1) is 7.11 Å². The van der Waals surface area contributed by atoms with Gasteiger partial charge in [-0.05, 0) is 13.0 Å². The number of methoxy groups -OCH3 is 1. The third-order valence-electron chi connectivity index (χ3n) is 4.79. The molecule has 0 saturated carbocycles. The van der Waals surface area contributed by atoms with Gasteiger partial charge < -0.3 is 14.5 Å². The first-order valence-electron chi connectivity index (χ1n) is 9.02. The minimum atomic E-state index is -0.0160. The molecule has 0 unspecified atom stereocenters. The van der Waals surface area contributed by atoms with Crippen LogP contribution in [0.4, 0.5) is 5.82 Å². The molecule has 3 aromatic rings. The smallest absolute Gasteiger partial charge is 0.254 e. The van der Waals surface area contributed by atoms with Gasteiger partial charge in [0.25, 0.3) is 5.91 Å². The fraction of sp³-hybridized carbons (Fsp3) is 0.316. The standard InChI is InChI=1S/C19H21N7O2/c1-14-20-5-6-26(14)17-12-16(22-13-23-17)24-7-9-25(10-8-24)19(27)15-3-4-21-18(11-15)28-2/h3-6,11-13H,7-10H2,1-2H3. The molecule has 1 amide bonds. The van der Waals surface area contributed by atoms with Gasteiger partial charge in [-0.2, -0.15) is 0 Å². The molecule has 0 N–H and O–H groups in total. The largest absolute Gasteiger partial charge is 0.481 e. The molecule has 0 spiro atoms. The van der Waals surface area contributed by atoms with Crippen LogP contribution in [-0.2, 0) is 0 Å². The Morgan fingerprint density at radius 1 is 1.00 bits per heavy atom. The van der Waals surface area contributed by atoms with Crippen molar-refractivity contribution in [2.24, 2.45) is 0 Å². The summed E-state index contributed by atoms with van der Waals surface area (Å²) in [6.07, 6.45) is 6.77. The summed E-state index contributed by atoms with van der Waals surface area (Å²) in [4.78, 5) is 33.8. The number of hydrogen-bond acceptors (Lipinski definition) is 7. The van der Waals surface area contributed by atoms with Crippen LogP contribution in [0.15, 0.2) is 43.1 Å². The van der Waals surface area contributed by atoms with Gasteiger partial charge in [-0.1, -0.05) is 0 Å². The van der Waals surface area contributed by atoms with Crippen molar-refractivity contribution < 1.29 is 9.53 Å². The normalized spacial score (nSPS) is 14.2. The van der Waals surface area contributed by atoms with Crippen molar-refractivity contribution in [3.05, 3.63) is 54.5 Å².